The van der Waals surface area contributed by atoms with Crippen LogP contribution in [0.2, 0.25) is 5.02 Å². The number of nitrogens with zero attached hydrogens (tertiary/aromatic N) is 4. The predicted octanol–water partition coefficient (Wildman–Crippen LogP) is 4.68. The van der Waals surface area contributed by atoms with E-state index in [2.05, 4.69) is 25.5 Å². The Hall–Kier alpha value is -3.29. The van der Waals surface area contributed by atoms with Crippen LogP contribution >= 0.6 is 18.7 Å². The molecule has 2 bridgehead atoms. The van der Waals surface area contributed by atoms with Crippen molar-refractivity contribution in [3.63, 3.8) is 0 Å². The largest absolute Gasteiger partial charge is 0.494 e. The highest BCUT2D eigenvalue weighted by Gasteiger charge is 2.46. The lowest BCUT2D eigenvalue weighted by Gasteiger charge is -2.56. The molecule has 0 saturated carbocycles. The minimum Gasteiger partial charge on any atom is -0.494 e. The zero-order valence-corrected chi connectivity index (χ0v) is 22.9. The van der Waals surface area contributed by atoms with Crippen LogP contribution in [0.5, 0.6) is 5.75 Å². The molecule has 194 valence electrons. The van der Waals surface area contributed by atoms with E-state index in [1.165, 1.54) is 6.20 Å². The number of amides is 1. The van der Waals surface area contributed by atoms with Gasteiger partial charge in [0.15, 0.2) is 5.82 Å². The van der Waals surface area contributed by atoms with Gasteiger partial charge in [0.1, 0.15) is 17.9 Å². The molecule has 2 unspecified atom stereocenters. The molecule has 3 fully saturated rings. The third-order valence-corrected chi connectivity index (χ3v) is 8.66. The summed E-state index contributed by atoms with van der Waals surface area (Å²) >= 11 is 6.39. The highest BCUT2D eigenvalue weighted by molar-refractivity contribution is 7.70. The van der Waals surface area contributed by atoms with Crippen molar-refractivity contribution < 1.29 is 14.1 Å². The molecule has 1 amide bonds. The lowest BCUT2D eigenvalue weighted by Crippen LogP contribution is -2.69. The maximum Gasteiger partial charge on any atom is 0.229 e. The summed E-state index contributed by atoms with van der Waals surface area (Å²) < 4.78 is 18.4. The van der Waals surface area contributed by atoms with Crippen molar-refractivity contribution in [2.24, 2.45) is 0 Å². The monoisotopic (exact) mass is 540 g/mol. The number of anilines is 5. The van der Waals surface area contributed by atoms with Crippen molar-refractivity contribution in [1.82, 2.24) is 14.9 Å². The molecular weight excluding hydrogens is 511 g/mol. The number of carbonyl (C=O) groups is 1. The number of ether oxygens (including phenoxy) is 1. The first-order valence-corrected chi connectivity index (χ1v) is 15.0. The van der Waals surface area contributed by atoms with Gasteiger partial charge in [-0.15, -0.1) is 0 Å². The number of aromatic nitrogens is 2. The Morgan fingerprint density at radius 2 is 1.84 bits per heavy atom. The number of methoxy groups -OCH3 is 1. The molecule has 9 nitrogen and oxygen atoms in total. The van der Waals surface area contributed by atoms with Gasteiger partial charge in [0, 0.05) is 37.1 Å². The number of hydrogen-bond donors (Lipinski definition) is 2. The van der Waals surface area contributed by atoms with Gasteiger partial charge in [-0.25, -0.2) is 4.98 Å². The van der Waals surface area contributed by atoms with Crippen molar-refractivity contribution in [2.75, 3.05) is 49.1 Å². The first kappa shape index (κ1) is 25.4. The topological polar surface area (TPSA) is 99.7 Å². The maximum atomic E-state index is 12.7. The summed E-state index contributed by atoms with van der Waals surface area (Å²) in [5, 5.41) is 7.49. The summed E-state index contributed by atoms with van der Waals surface area (Å²) in [7, 11) is -0.895. The number of carbonyl (C=O) groups excluding carboxylic acids is 1. The van der Waals surface area contributed by atoms with Crippen molar-refractivity contribution in [3.05, 3.63) is 53.7 Å². The number of nitrogens with one attached hydrogen (secondary N) is 2. The Morgan fingerprint density at radius 1 is 1.11 bits per heavy atom. The molecule has 3 aromatic rings. The molecule has 3 aliphatic heterocycles. The molecule has 3 saturated heterocycles. The van der Waals surface area contributed by atoms with Crippen LogP contribution in [-0.4, -0.2) is 66.4 Å². The Labute approximate surface area is 221 Å². The first-order chi connectivity index (χ1) is 17.6. The molecule has 6 rings (SSSR count). The fraction of sp³-hybridized carbons (Fsp3) is 0.346. The van der Waals surface area contributed by atoms with Crippen LogP contribution in [0.4, 0.5) is 28.8 Å². The van der Waals surface area contributed by atoms with Crippen LogP contribution in [0, 0.1) is 0 Å². The Bertz CT molecular complexity index is 1380. The van der Waals surface area contributed by atoms with Crippen LogP contribution in [-0.2, 0) is 9.36 Å². The first-order valence-electron chi connectivity index (χ1n) is 12.1. The van der Waals surface area contributed by atoms with E-state index in [9.17, 15) is 9.36 Å². The minimum absolute atomic E-state index is 0.150. The van der Waals surface area contributed by atoms with Gasteiger partial charge in [0.2, 0.25) is 11.9 Å². The van der Waals surface area contributed by atoms with Crippen LogP contribution in [0.25, 0.3) is 0 Å². The molecule has 2 N–H and O–H groups in total. The summed E-state index contributed by atoms with van der Waals surface area (Å²) in [6.07, 6.45) is 2.58. The second-order valence-corrected chi connectivity index (χ2v) is 13.4. The second kappa shape index (κ2) is 9.88. The number of fused-ring (bicyclic) bond motifs is 2. The SMILES string of the molecule is COc1cc(N2CC3CC(C2)N3C(C)=O)ccc1Nc1ncc(Cl)c(Nc2ccccc2P(C)(C)=O)n1. The molecule has 4 heterocycles. The van der Waals surface area contributed by atoms with E-state index < -0.39 is 7.14 Å². The van der Waals surface area contributed by atoms with E-state index in [0.29, 0.717) is 33.9 Å². The van der Waals surface area contributed by atoms with Gasteiger partial charge in [-0.1, -0.05) is 23.7 Å². The van der Waals surface area contributed by atoms with Crippen LogP contribution in [0.1, 0.15) is 13.3 Å². The molecule has 1 aromatic heterocycles. The predicted molar refractivity (Wildman–Crippen MR) is 149 cm³/mol. The summed E-state index contributed by atoms with van der Waals surface area (Å²) in [5.41, 5.74) is 2.44. The molecule has 2 atom stereocenters. The second-order valence-electron chi connectivity index (χ2n) is 9.77. The van der Waals surface area contributed by atoms with Crippen molar-refractivity contribution in [1.29, 1.82) is 0 Å². The Kier molecular flexibility index (Phi) is 6.77. The zero-order valence-electron chi connectivity index (χ0n) is 21.2. The van der Waals surface area contributed by atoms with E-state index in [-0.39, 0.29) is 18.0 Å². The summed E-state index contributed by atoms with van der Waals surface area (Å²) in [5.74, 6) is 1.54. The Morgan fingerprint density at radius 3 is 2.51 bits per heavy atom. The van der Waals surface area contributed by atoms with Crippen LogP contribution < -0.4 is 25.6 Å². The zero-order chi connectivity index (χ0) is 26.3. The molecule has 11 heteroatoms. The lowest BCUT2D eigenvalue weighted by molar-refractivity contribution is -0.143. The fourth-order valence-electron chi connectivity index (χ4n) is 5.13. The maximum absolute atomic E-state index is 12.7. The highest BCUT2D eigenvalue weighted by Crippen LogP contribution is 2.40. The van der Waals surface area contributed by atoms with E-state index >= 15 is 0 Å². The van der Waals surface area contributed by atoms with Gasteiger partial charge in [-0.3, -0.25) is 4.79 Å². The quantitative estimate of drug-likeness (QED) is 0.417. The van der Waals surface area contributed by atoms with Crippen molar-refractivity contribution >= 4 is 58.8 Å². The Balaban J connectivity index is 1.35. The van der Waals surface area contributed by atoms with Gasteiger partial charge in [0.25, 0.3) is 0 Å². The third kappa shape index (κ3) is 5.11. The number of para-hydroxylation sites is 1. The number of piperazine rings is 1. The fourth-order valence-corrected chi connectivity index (χ4v) is 6.42. The molecule has 3 aliphatic rings. The molecule has 0 aliphatic carbocycles. The van der Waals surface area contributed by atoms with E-state index in [1.807, 2.05) is 47.4 Å². The normalized spacial score (nSPS) is 18.7. The minimum atomic E-state index is -2.52. The average molecular weight is 541 g/mol. The lowest BCUT2D eigenvalue weighted by atomic mass is 9.87. The van der Waals surface area contributed by atoms with Gasteiger partial charge >= 0.3 is 0 Å². The highest BCUT2D eigenvalue weighted by atomic mass is 35.5. The van der Waals surface area contributed by atoms with Gasteiger partial charge in [-0.2, -0.15) is 4.98 Å². The number of piperidine rings is 1. The van der Waals surface area contributed by atoms with Gasteiger partial charge in [-0.05, 0) is 44.0 Å². The van der Waals surface area contributed by atoms with Gasteiger partial charge in [0.05, 0.1) is 36.8 Å². The molecule has 0 spiro atoms. The van der Waals surface area contributed by atoms with Crippen LogP contribution in [0.15, 0.2) is 48.7 Å². The van der Waals surface area contributed by atoms with E-state index in [1.54, 1.807) is 27.4 Å². The summed E-state index contributed by atoms with van der Waals surface area (Å²) in [6.45, 7) is 6.72. The number of hydrogen-bond acceptors (Lipinski definition) is 8. The molecule has 37 heavy (non-hydrogen) atoms. The van der Waals surface area contributed by atoms with E-state index in [4.69, 9.17) is 16.3 Å². The molecule has 2 aromatic carbocycles. The van der Waals surface area contributed by atoms with Crippen molar-refractivity contribution in [3.8, 4) is 5.75 Å². The number of halogens is 1. The third-order valence-electron chi connectivity index (χ3n) is 6.83. The molecular formula is C26H30ClN6O3P. The number of rotatable bonds is 7. The van der Waals surface area contributed by atoms with E-state index in [0.717, 1.165) is 30.5 Å². The van der Waals surface area contributed by atoms with Gasteiger partial charge < -0.3 is 29.7 Å². The standard InChI is InChI=1S/C26H30ClN6O3P/c1-16(34)33-18-11-19(33)15-32(14-18)17-9-10-21(23(12-17)36-2)30-26-28-13-20(27)25(31-26)29-22-7-5-6-8-24(22)37(3,4)35/h5-10,12-13,18-19H,11,14-15H2,1-4H3,(H2,28,29,30,31). The number of benzene rings is 2. The molecule has 0 radical (unpaired) electrons. The average Bonchev–Trinajstić information content (AvgIpc) is 2.85. The smallest absolute Gasteiger partial charge is 0.229 e. The summed E-state index contributed by atoms with van der Waals surface area (Å²) in [4.78, 5) is 25.0. The van der Waals surface area contributed by atoms with Crippen molar-refractivity contribution in [2.45, 2.75) is 25.4 Å². The van der Waals surface area contributed by atoms with Crippen LogP contribution in [0.3, 0.4) is 0 Å². The summed E-state index contributed by atoms with van der Waals surface area (Å²) in [6, 6.07) is 13.9.